The molecule has 1 fully saturated rings. The second-order valence-corrected chi connectivity index (χ2v) is 7.59. The summed E-state index contributed by atoms with van der Waals surface area (Å²) in [6.07, 6.45) is 7.20. The summed E-state index contributed by atoms with van der Waals surface area (Å²) in [4.78, 5) is 21.6. The predicted molar refractivity (Wildman–Crippen MR) is 101 cm³/mol. The van der Waals surface area contributed by atoms with E-state index in [1.165, 1.54) is 5.56 Å². The van der Waals surface area contributed by atoms with Gasteiger partial charge in [0.2, 0.25) is 5.91 Å². The summed E-state index contributed by atoms with van der Waals surface area (Å²) in [6.45, 7) is 6.69. The molecular weight excluding hydrogens is 324 g/mol. The fourth-order valence-electron chi connectivity index (χ4n) is 4.55. The largest absolute Gasteiger partial charge is 0.333 e. The molecule has 2 aliphatic rings. The van der Waals surface area contributed by atoms with Crippen LogP contribution in [0.2, 0.25) is 0 Å². The van der Waals surface area contributed by atoms with Crippen molar-refractivity contribution in [3.8, 4) is 0 Å². The van der Waals surface area contributed by atoms with Crippen LogP contribution in [0, 0.1) is 5.92 Å². The van der Waals surface area contributed by atoms with Crippen LogP contribution in [0.4, 0.5) is 0 Å². The number of hydrogen-bond acceptors (Lipinski definition) is 3. The maximum absolute atomic E-state index is 12.3. The van der Waals surface area contributed by atoms with Crippen molar-refractivity contribution in [3.05, 3.63) is 54.1 Å². The number of nitrogens with zero attached hydrogens (tertiary/aromatic N) is 4. The minimum atomic E-state index is 0.129. The quantitative estimate of drug-likeness (QED) is 0.852. The molecule has 1 aromatic carbocycles. The molecule has 1 amide bonds. The van der Waals surface area contributed by atoms with Gasteiger partial charge in [0.05, 0.1) is 6.04 Å². The third kappa shape index (κ3) is 3.54. The van der Waals surface area contributed by atoms with E-state index in [1.54, 1.807) is 6.92 Å². The van der Waals surface area contributed by atoms with E-state index < -0.39 is 0 Å². The Hall–Kier alpha value is -2.14. The van der Waals surface area contributed by atoms with E-state index in [2.05, 4.69) is 55.9 Å². The number of imidazole rings is 1. The van der Waals surface area contributed by atoms with E-state index in [0.29, 0.717) is 5.92 Å². The fourth-order valence-corrected chi connectivity index (χ4v) is 4.55. The number of benzene rings is 1. The number of likely N-dealkylation sites (tertiary alicyclic amines) is 1. The molecule has 3 heterocycles. The van der Waals surface area contributed by atoms with Crippen LogP contribution in [0.25, 0.3) is 0 Å². The van der Waals surface area contributed by atoms with Gasteiger partial charge in [-0.2, -0.15) is 0 Å². The maximum atomic E-state index is 12.3. The fraction of sp³-hybridized carbons (Fsp3) is 0.524. The third-order valence-electron chi connectivity index (χ3n) is 5.88. The highest BCUT2D eigenvalue weighted by Crippen LogP contribution is 2.36. The lowest BCUT2D eigenvalue weighted by Gasteiger charge is -2.39. The molecule has 0 aliphatic carbocycles. The molecule has 4 rings (SSSR count). The van der Waals surface area contributed by atoms with Gasteiger partial charge in [-0.3, -0.25) is 9.69 Å². The molecule has 0 radical (unpaired) electrons. The average molecular weight is 352 g/mol. The number of rotatable bonds is 3. The Bertz CT molecular complexity index is 733. The molecule has 138 valence electrons. The average Bonchev–Trinajstić information content (AvgIpc) is 3.03. The van der Waals surface area contributed by atoms with Gasteiger partial charge < -0.3 is 9.47 Å². The van der Waals surface area contributed by atoms with E-state index in [-0.39, 0.29) is 11.9 Å². The molecule has 1 unspecified atom stereocenters. The summed E-state index contributed by atoms with van der Waals surface area (Å²) >= 11 is 0. The molecule has 1 aromatic heterocycles. The second-order valence-electron chi connectivity index (χ2n) is 7.59. The molecule has 26 heavy (non-hydrogen) atoms. The number of carbonyl (C=O) groups excluding carboxylic acids is 1. The predicted octanol–water partition coefficient (Wildman–Crippen LogP) is 3.09. The summed E-state index contributed by atoms with van der Waals surface area (Å²) in [7, 11) is 0. The lowest BCUT2D eigenvalue weighted by atomic mass is 9.87. The summed E-state index contributed by atoms with van der Waals surface area (Å²) < 4.78 is 2.25. The molecule has 2 aliphatic heterocycles. The van der Waals surface area contributed by atoms with Crippen molar-refractivity contribution in [2.75, 3.05) is 19.6 Å². The van der Waals surface area contributed by atoms with Crippen molar-refractivity contribution < 1.29 is 4.79 Å². The van der Waals surface area contributed by atoms with Gasteiger partial charge in [-0.1, -0.05) is 30.3 Å². The van der Waals surface area contributed by atoms with E-state index in [4.69, 9.17) is 0 Å². The Morgan fingerprint density at radius 1 is 1.12 bits per heavy atom. The standard InChI is InChI=1S/C21H28N4O/c1-17(26)25-12-5-11-24-15-10-22-21(24)20(25)19-8-13-23(14-9-19)16-18-6-3-2-4-7-18/h2-4,6-7,10,15,19-20H,5,8-9,11-14,16H2,1H3. The van der Waals surface area contributed by atoms with Gasteiger partial charge in [0.25, 0.3) is 0 Å². The van der Waals surface area contributed by atoms with Crippen molar-refractivity contribution in [2.45, 2.75) is 45.3 Å². The monoisotopic (exact) mass is 352 g/mol. The van der Waals surface area contributed by atoms with Gasteiger partial charge >= 0.3 is 0 Å². The smallest absolute Gasteiger partial charge is 0.220 e. The van der Waals surface area contributed by atoms with Crippen LogP contribution in [-0.4, -0.2) is 44.9 Å². The Morgan fingerprint density at radius 3 is 2.62 bits per heavy atom. The lowest BCUT2D eigenvalue weighted by Crippen LogP contribution is -2.42. The van der Waals surface area contributed by atoms with Crippen molar-refractivity contribution in [2.24, 2.45) is 5.92 Å². The highest BCUT2D eigenvalue weighted by atomic mass is 16.2. The zero-order valence-electron chi connectivity index (χ0n) is 15.6. The maximum Gasteiger partial charge on any atom is 0.220 e. The van der Waals surface area contributed by atoms with Gasteiger partial charge in [-0.15, -0.1) is 0 Å². The number of hydrogen-bond donors (Lipinski definition) is 0. The molecule has 0 saturated carbocycles. The number of aryl methyl sites for hydroxylation is 1. The van der Waals surface area contributed by atoms with Crippen molar-refractivity contribution in [3.63, 3.8) is 0 Å². The molecule has 1 saturated heterocycles. The first-order valence-corrected chi connectivity index (χ1v) is 9.77. The van der Waals surface area contributed by atoms with Crippen LogP contribution in [0.3, 0.4) is 0 Å². The van der Waals surface area contributed by atoms with Gasteiger partial charge in [-0.05, 0) is 43.8 Å². The van der Waals surface area contributed by atoms with Crippen molar-refractivity contribution in [1.82, 2.24) is 19.4 Å². The molecule has 5 heteroatoms. The molecule has 2 aromatic rings. The molecule has 0 N–H and O–H groups in total. The molecule has 5 nitrogen and oxygen atoms in total. The van der Waals surface area contributed by atoms with E-state index >= 15 is 0 Å². The Kier molecular flexibility index (Phi) is 5.07. The summed E-state index contributed by atoms with van der Waals surface area (Å²) in [5.74, 6) is 1.75. The van der Waals surface area contributed by atoms with Gasteiger partial charge in [0.15, 0.2) is 0 Å². The topological polar surface area (TPSA) is 41.4 Å². The molecule has 0 spiro atoms. The highest BCUT2D eigenvalue weighted by Gasteiger charge is 2.36. The first kappa shape index (κ1) is 17.3. The number of fused-ring (bicyclic) bond motifs is 1. The summed E-state index contributed by atoms with van der Waals surface area (Å²) in [5.41, 5.74) is 1.38. The first-order chi connectivity index (χ1) is 12.7. The van der Waals surface area contributed by atoms with Crippen LogP contribution in [0.5, 0.6) is 0 Å². The van der Waals surface area contributed by atoms with Crippen LogP contribution in [0.1, 0.15) is 43.6 Å². The van der Waals surface area contributed by atoms with E-state index in [1.807, 2.05) is 6.20 Å². The molecule has 1 atom stereocenters. The van der Waals surface area contributed by atoms with Gasteiger partial charge in [-0.25, -0.2) is 4.98 Å². The highest BCUT2D eigenvalue weighted by molar-refractivity contribution is 5.73. The minimum absolute atomic E-state index is 0.129. The van der Waals surface area contributed by atoms with Crippen LogP contribution >= 0.6 is 0 Å². The Balaban J connectivity index is 1.47. The second kappa shape index (κ2) is 7.62. The van der Waals surface area contributed by atoms with E-state index in [9.17, 15) is 4.79 Å². The Morgan fingerprint density at radius 2 is 1.88 bits per heavy atom. The SMILES string of the molecule is CC(=O)N1CCCn2ccnc2C1C1CCN(Cc2ccccc2)CC1. The lowest BCUT2D eigenvalue weighted by molar-refractivity contribution is -0.133. The van der Waals surface area contributed by atoms with E-state index in [0.717, 1.165) is 57.8 Å². The zero-order chi connectivity index (χ0) is 17.9. The number of amides is 1. The first-order valence-electron chi connectivity index (χ1n) is 9.77. The number of carbonyl (C=O) groups is 1. The number of aromatic nitrogens is 2. The summed E-state index contributed by atoms with van der Waals surface area (Å²) in [5, 5.41) is 0. The molecule has 0 bridgehead atoms. The van der Waals surface area contributed by atoms with Crippen LogP contribution in [-0.2, 0) is 17.9 Å². The van der Waals surface area contributed by atoms with Crippen LogP contribution in [0.15, 0.2) is 42.7 Å². The van der Waals surface area contributed by atoms with Gasteiger partial charge in [0, 0.05) is 39.0 Å². The van der Waals surface area contributed by atoms with Crippen molar-refractivity contribution >= 4 is 5.91 Å². The Labute approximate surface area is 155 Å². The van der Waals surface area contributed by atoms with Gasteiger partial charge in [0.1, 0.15) is 5.82 Å². The number of piperidine rings is 1. The van der Waals surface area contributed by atoms with Crippen LogP contribution < -0.4 is 0 Å². The van der Waals surface area contributed by atoms with Crippen molar-refractivity contribution in [1.29, 1.82) is 0 Å². The third-order valence-corrected chi connectivity index (χ3v) is 5.88. The summed E-state index contributed by atoms with van der Waals surface area (Å²) in [6, 6.07) is 10.8. The minimum Gasteiger partial charge on any atom is -0.333 e. The molecular formula is C21H28N4O. The normalized spacial score (nSPS) is 22.0. The zero-order valence-corrected chi connectivity index (χ0v) is 15.6.